The van der Waals surface area contributed by atoms with Crippen LogP contribution >= 0.6 is 11.6 Å². The number of nitrogens with one attached hydrogen (secondary N) is 1. The average Bonchev–Trinajstić information content (AvgIpc) is 3.51. The van der Waals surface area contributed by atoms with E-state index in [-0.39, 0.29) is 45.3 Å². The van der Waals surface area contributed by atoms with Crippen molar-refractivity contribution in [3.8, 4) is 22.6 Å². The molecule has 10 nitrogen and oxygen atoms in total. The second-order valence-electron chi connectivity index (χ2n) is 9.96. The first-order chi connectivity index (χ1) is 21.8. The predicted octanol–water partition coefficient (Wildman–Crippen LogP) is 5.44. The maximum atomic E-state index is 14.4. The summed E-state index contributed by atoms with van der Waals surface area (Å²) in [4.78, 5) is 38.8. The maximum Gasteiger partial charge on any atom is 0.436 e. The zero-order chi connectivity index (χ0) is 33.2. The summed E-state index contributed by atoms with van der Waals surface area (Å²) in [6, 6.07) is 16.4. The van der Waals surface area contributed by atoms with Crippen LogP contribution in [-0.4, -0.2) is 38.5 Å². The number of primary amides is 1. The van der Waals surface area contributed by atoms with Gasteiger partial charge in [-0.2, -0.15) is 13.2 Å². The first-order valence-electron chi connectivity index (χ1n) is 13.4. The van der Waals surface area contributed by atoms with E-state index in [4.69, 9.17) is 22.1 Å². The molecule has 0 aliphatic carbocycles. The summed E-state index contributed by atoms with van der Waals surface area (Å²) in [5.74, 6) is -2.55. The van der Waals surface area contributed by atoms with Gasteiger partial charge in [0.25, 0.3) is 11.5 Å². The molecule has 0 fully saturated rings. The van der Waals surface area contributed by atoms with Crippen LogP contribution in [-0.2, 0) is 17.4 Å². The van der Waals surface area contributed by atoms with Gasteiger partial charge in [0.05, 0.1) is 30.8 Å². The molecule has 3 aromatic carbocycles. The van der Waals surface area contributed by atoms with Gasteiger partial charge in [0.15, 0.2) is 5.69 Å². The molecule has 0 aliphatic rings. The van der Waals surface area contributed by atoms with Crippen LogP contribution in [0.5, 0.6) is 5.75 Å². The lowest BCUT2D eigenvalue weighted by Crippen LogP contribution is -2.34. The first kappa shape index (κ1) is 31.9. The molecule has 0 radical (unpaired) electrons. The van der Waals surface area contributed by atoms with Crippen molar-refractivity contribution < 1.29 is 31.9 Å². The molecule has 0 saturated carbocycles. The maximum absolute atomic E-state index is 14.4. The number of nitrogens with two attached hydrogens (primary N) is 1. The number of nitrogens with zero attached hydrogens (tertiary/aromatic N) is 4. The van der Waals surface area contributed by atoms with Gasteiger partial charge in [-0.3, -0.25) is 19.0 Å². The van der Waals surface area contributed by atoms with Crippen LogP contribution in [0.4, 0.5) is 23.2 Å². The second-order valence-corrected chi connectivity index (χ2v) is 10.4. The van der Waals surface area contributed by atoms with Gasteiger partial charge in [-0.15, -0.1) is 5.10 Å². The van der Waals surface area contributed by atoms with E-state index in [0.29, 0.717) is 11.8 Å². The number of hydrogen-bond acceptors (Lipinski definition) is 6. The molecule has 0 bridgehead atoms. The number of halogens is 5. The lowest BCUT2D eigenvalue weighted by atomic mass is 10.0. The minimum atomic E-state index is -4.74. The molecule has 1 atom stereocenters. The second kappa shape index (κ2) is 12.9. The third kappa shape index (κ3) is 6.76. The van der Waals surface area contributed by atoms with Crippen LogP contribution in [0.3, 0.4) is 0 Å². The summed E-state index contributed by atoms with van der Waals surface area (Å²) in [6.45, 7) is 0. The van der Waals surface area contributed by atoms with Gasteiger partial charge in [-0.25, -0.2) is 9.07 Å². The van der Waals surface area contributed by atoms with Crippen molar-refractivity contribution in [2.75, 3.05) is 12.4 Å². The Labute approximate surface area is 263 Å². The van der Waals surface area contributed by atoms with Crippen molar-refractivity contribution in [1.82, 2.24) is 19.6 Å². The molecule has 0 saturated heterocycles. The van der Waals surface area contributed by atoms with Gasteiger partial charge in [-0.05, 0) is 42.0 Å². The fraction of sp³-hybridized carbons (Fsp3) is 0.129. The molecule has 236 valence electrons. The van der Waals surface area contributed by atoms with Gasteiger partial charge < -0.3 is 15.8 Å². The summed E-state index contributed by atoms with van der Waals surface area (Å²) >= 11 is 6.24. The molecular formula is C31H23ClF4N6O4. The van der Waals surface area contributed by atoms with Gasteiger partial charge >= 0.3 is 6.18 Å². The zero-order valence-corrected chi connectivity index (χ0v) is 24.5. The fourth-order valence-electron chi connectivity index (χ4n) is 4.75. The van der Waals surface area contributed by atoms with Gasteiger partial charge in [-0.1, -0.05) is 47.1 Å². The Morgan fingerprint density at radius 1 is 1.02 bits per heavy atom. The number of amides is 2. The van der Waals surface area contributed by atoms with Crippen molar-refractivity contribution in [3.63, 3.8) is 0 Å². The van der Waals surface area contributed by atoms with Crippen LogP contribution in [0.2, 0.25) is 5.02 Å². The van der Waals surface area contributed by atoms with Crippen molar-refractivity contribution in [3.05, 3.63) is 123 Å². The Bertz CT molecular complexity index is 2000. The molecule has 0 unspecified atom stereocenters. The smallest absolute Gasteiger partial charge is 0.436 e. The van der Waals surface area contributed by atoms with Crippen molar-refractivity contribution >= 4 is 29.1 Å². The van der Waals surface area contributed by atoms with Crippen LogP contribution in [0.25, 0.3) is 16.8 Å². The highest BCUT2D eigenvalue weighted by Crippen LogP contribution is 2.36. The zero-order valence-electron chi connectivity index (χ0n) is 23.8. The average molecular weight is 655 g/mol. The number of hydrogen-bond donors (Lipinski definition) is 2. The van der Waals surface area contributed by atoms with E-state index in [1.54, 1.807) is 30.3 Å². The van der Waals surface area contributed by atoms with E-state index >= 15 is 0 Å². The van der Waals surface area contributed by atoms with E-state index in [2.05, 4.69) is 15.6 Å². The number of carbonyl (C=O) groups is 2. The largest absolute Gasteiger partial charge is 0.495 e. The van der Waals surface area contributed by atoms with Crippen LogP contribution in [0.1, 0.15) is 27.7 Å². The van der Waals surface area contributed by atoms with Gasteiger partial charge in [0.2, 0.25) is 5.91 Å². The molecule has 0 spiro atoms. The standard InChI is InChI=1S/C31H23ClF4N6O4/c1-46-26-15-41(25(11-17-5-3-2-4-6-17)30(45)38-19-8-9-20(29(37)44)23(33)13-19)28(43)14-22(26)21-12-18(32)7-10-24(21)42-16-27(39-40-42)31(34,35)36/h2-10,12-16,25H,11H2,1H3,(H2,37,44)(H,38,45)/t25-/m0/s1. The summed E-state index contributed by atoms with van der Waals surface area (Å²) in [6.07, 6.45) is -2.74. The highest BCUT2D eigenvalue weighted by atomic mass is 35.5. The molecule has 15 heteroatoms. The van der Waals surface area contributed by atoms with E-state index < -0.39 is 41.1 Å². The Morgan fingerprint density at radius 3 is 2.39 bits per heavy atom. The molecule has 2 amide bonds. The lowest BCUT2D eigenvalue weighted by Gasteiger charge is -2.22. The monoisotopic (exact) mass is 654 g/mol. The molecule has 2 heterocycles. The highest BCUT2D eigenvalue weighted by molar-refractivity contribution is 6.31. The molecule has 5 rings (SSSR count). The number of pyridine rings is 1. The summed E-state index contributed by atoms with van der Waals surface area (Å²) in [5.41, 5.74) is 4.06. The van der Waals surface area contributed by atoms with Crippen LogP contribution in [0.15, 0.2) is 90.0 Å². The number of ether oxygens (including phenoxy) is 1. The number of benzene rings is 3. The van der Waals surface area contributed by atoms with Crippen molar-refractivity contribution in [1.29, 1.82) is 0 Å². The number of methoxy groups -OCH3 is 1. The molecule has 5 aromatic rings. The van der Waals surface area contributed by atoms with Gasteiger partial charge in [0.1, 0.15) is 17.6 Å². The quantitative estimate of drug-likeness (QED) is 0.204. The number of alkyl halides is 3. The molecule has 0 aliphatic heterocycles. The highest BCUT2D eigenvalue weighted by Gasteiger charge is 2.35. The number of anilines is 1. The summed E-state index contributed by atoms with van der Waals surface area (Å²) in [5, 5.41) is 9.57. The normalized spacial score (nSPS) is 12.0. The Morgan fingerprint density at radius 2 is 1.76 bits per heavy atom. The number of rotatable bonds is 9. The molecule has 2 aromatic heterocycles. The number of carbonyl (C=O) groups excluding carboxylic acids is 2. The first-order valence-corrected chi connectivity index (χ1v) is 13.8. The lowest BCUT2D eigenvalue weighted by molar-refractivity contribution is -0.141. The molecule has 46 heavy (non-hydrogen) atoms. The SMILES string of the molecule is COc1cn([C@@H](Cc2ccccc2)C(=O)Nc2ccc(C(N)=O)c(F)c2)c(=O)cc1-c1cc(Cl)ccc1-n1cc(C(F)(F)F)nn1. The Hall–Kier alpha value is -5.50. The van der Waals surface area contributed by atoms with E-state index in [9.17, 15) is 31.9 Å². The van der Waals surface area contributed by atoms with E-state index in [0.717, 1.165) is 27.4 Å². The Kier molecular flexibility index (Phi) is 8.91. The summed E-state index contributed by atoms with van der Waals surface area (Å²) in [7, 11) is 1.31. The van der Waals surface area contributed by atoms with E-state index in [1.165, 1.54) is 37.6 Å². The Balaban J connectivity index is 1.59. The minimum absolute atomic E-state index is 0.0109. The predicted molar refractivity (Wildman–Crippen MR) is 160 cm³/mol. The van der Waals surface area contributed by atoms with Crippen molar-refractivity contribution in [2.45, 2.75) is 18.6 Å². The minimum Gasteiger partial charge on any atom is -0.495 e. The summed E-state index contributed by atoms with van der Waals surface area (Å²) < 4.78 is 61.8. The van der Waals surface area contributed by atoms with Gasteiger partial charge in [0, 0.05) is 34.3 Å². The van der Waals surface area contributed by atoms with E-state index in [1.807, 2.05) is 0 Å². The van der Waals surface area contributed by atoms with Crippen LogP contribution in [0, 0.1) is 5.82 Å². The molecule has 3 N–H and O–H groups in total. The topological polar surface area (TPSA) is 134 Å². The number of aromatic nitrogens is 4. The third-order valence-electron chi connectivity index (χ3n) is 6.96. The fourth-order valence-corrected chi connectivity index (χ4v) is 4.93. The van der Waals surface area contributed by atoms with Crippen LogP contribution < -0.4 is 21.3 Å². The molecular weight excluding hydrogens is 632 g/mol. The third-order valence-corrected chi connectivity index (χ3v) is 7.19. The van der Waals surface area contributed by atoms with Crippen molar-refractivity contribution in [2.24, 2.45) is 5.73 Å².